The smallest absolute Gasteiger partial charge is 0.345 e. The molecule has 1 aliphatic carbocycles. The summed E-state index contributed by atoms with van der Waals surface area (Å²) in [7, 11) is 1.76. The molecule has 0 N–H and O–H groups in total. The highest BCUT2D eigenvalue weighted by atomic mass is 16.5. The van der Waals surface area contributed by atoms with Gasteiger partial charge in [-0.25, -0.2) is 9.48 Å². The minimum Gasteiger partial charge on any atom is -0.378 e. The van der Waals surface area contributed by atoms with Crippen LogP contribution in [0.3, 0.4) is 0 Å². The molecule has 27 heavy (non-hydrogen) atoms. The van der Waals surface area contributed by atoms with Crippen LogP contribution in [0.2, 0.25) is 0 Å². The van der Waals surface area contributed by atoms with Crippen LogP contribution in [-0.4, -0.2) is 76.0 Å². The number of hydrogen-bond acceptors (Lipinski definition) is 5. The van der Waals surface area contributed by atoms with E-state index >= 15 is 0 Å². The van der Waals surface area contributed by atoms with Crippen molar-refractivity contribution in [3.05, 3.63) is 16.3 Å². The molecule has 0 unspecified atom stereocenters. The standard InChI is InChI=1S/C19H31N5O3/c1-21-19(26)24(16-4-2-3-5-16)18(20-21)15-6-8-22(9-7-15)14-17(25)23-10-12-27-13-11-23/h15-16H,2-14H2,1H3. The molecule has 0 bridgehead atoms. The summed E-state index contributed by atoms with van der Waals surface area (Å²) in [6.07, 6.45) is 6.50. The molecule has 1 aromatic heterocycles. The highest BCUT2D eigenvalue weighted by molar-refractivity contribution is 5.78. The Labute approximate surface area is 160 Å². The fraction of sp³-hybridized carbons (Fsp3) is 0.842. The number of aromatic nitrogens is 3. The molecule has 1 amide bonds. The summed E-state index contributed by atoms with van der Waals surface area (Å²) in [6, 6.07) is 0.321. The van der Waals surface area contributed by atoms with E-state index in [-0.39, 0.29) is 11.6 Å². The van der Waals surface area contributed by atoms with E-state index in [9.17, 15) is 9.59 Å². The number of piperidine rings is 1. The topological polar surface area (TPSA) is 72.6 Å². The van der Waals surface area contributed by atoms with Gasteiger partial charge in [-0.05, 0) is 38.8 Å². The maximum Gasteiger partial charge on any atom is 0.345 e. The van der Waals surface area contributed by atoms with Gasteiger partial charge in [0.05, 0.1) is 19.8 Å². The molecule has 3 aliphatic rings. The van der Waals surface area contributed by atoms with E-state index in [2.05, 4.69) is 10.00 Å². The minimum absolute atomic E-state index is 0.0295. The Bertz CT molecular complexity index is 707. The van der Waals surface area contributed by atoms with Gasteiger partial charge in [-0.2, -0.15) is 5.10 Å². The Morgan fingerprint density at radius 3 is 2.41 bits per heavy atom. The number of nitrogens with zero attached hydrogens (tertiary/aromatic N) is 5. The molecule has 150 valence electrons. The van der Waals surface area contributed by atoms with Crippen molar-refractivity contribution in [1.82, 2.24) is 24.1 Å². The van der Waals surface area contributed by atoms with Crippen LogP contribution in [0, 0.1) is 0 Å². The number of likely N-dealkylation sites (tertiary alicyclic amines) is 1. The molecule has 8 nitrogen and oxygen atoms in total. The number of rotatable bonds is 4. The van der Waals surface area contributed by atoms with E-state index in [1.165, 1.54) is 17.5 Å². The lowest BCUT2D eigenvalue weighted by atomic mass is 9.95. The van der Waals surface area contributed by atoms with Crippen molar-refractivity contribution < 1.29 is 9.53 Å². The van der Waals surface area contributed by atoms with Crippen molar-refractivity contribution >= 4 is 5.91 Å². The second-order valence-corrected chi connectivity index (χ2v) is 8.12. The van der Waals surface area contributed by atoms with Crippen LogP contribution in [0.15, 0.2) is 4.79 Å². The van der Waals surface area contributed by atoms with Gasteiger partial charge in [-0.1, -0.05) is 12.8 Å². The second kappa shape index (κ2) is 8.14. The normalized spacial score (nSPS) is 23.2. The summed E-state index contributed by atoms with van der Waals surface area (Å²) in [5.41, 5.74) is 0.0295. The van der Waals surface area contributed by atoms with Crippen LogP contribution in [0.1, 0.15) is 56.3 Å². The predicted molar refractivity (Wildman–Crippen MR) is 101 cm³/mol. The second-order valence-electron chi connectivity index (χ2n) is 8.12. The van der Waals surface area contributed by atoms with E-state index in [4.69, 9.17) is 4.74 Å². The zero-order valence-electron chi connectivity index (χ0n) is 16.3. The highest BCUT2D eigenvalue weighted by Gasteiger charge is 2.31. The molecule has 0 spiro atoms. The molecule has 3 fully saturated rings. The van der Waals surface area contributed by atoms with Crippen molar-refractivity contribution in [3.8, 4) is 0 Å². The Kier molecular flexibility index (Phi) is 5.63. The molecule has 0 atom stereocenters. The summed E-state index contributed by atoms with van der Waals surface area (Å²) in [5, 5.41) is 4.60. The Morgan fingerprint density at radius 1 is 1.07 bits per heavy atom. The number of ether oxygens (including phenoxy) is 1. The summed E-state index contributed by atoms with van der Waals surface area (Å²) >= 11 is 0. The fourth-order valence-corrected chi connectivity index (χ4v) is 4.74. The number of amides is 1. The van der Waals surface area contributed by atoms with Crippen molar-refractivity contribution in [2.75, 3.05) is 45.9 Å². The summed E-state index contributed by atoms with van der Waals surface area (Å²) in [6.45, 7) is 4.96. The first-order valence-corrected chi connectivity index (χ1v) is 10.4. The number of morpholine rings is 1. The Morgan fingerprint density at radius 2 is 1.74 bits per heavy atom. The van der Waals surface area contributed by atoms with Crippen LogP contribution < -0.4 is 5.69 Å². The minimum atomic E-state index is 0.0295. The van der Waals surface area contributed by atoms with Crippen LogP contribution in [0.4, 0.5) is 0 Å². The van der Waals surface area contributed by atoms with Crippen molar-refractivity contribution in [3.63, 3.8) is 0 Å². The van der Waals surface area contributed by atoms with E-state index in [1.807, 2.05) is 9.47 Å². The van der Waals surface area contributed by atoms with E-state index in [1.54, 1.807) is 7.05 Å². The number of carbonyl (C=O) groups excluding carboxylic acids is 1. The average molecular weight is 377 g/mol. The molecule has 2 saturated heterocycles. The zero-order chi connectivity index (χ0) is 18.8. The van der Waals surface area contributed by atoms with Crippen LogP contribution in [0.25, 0.3) is 0 Å². The van der Waals surface area contributed by atoms with Gasteiger partial charge in [0.15, 0.2) is 0 Å². The molecule has 2 aliphatic heterocycles. The molecule has 3 heterocycles. The molecular weight excluding hydrogens is 346 g/mol. The summed E-state index contributed by atoms with van der Waals surface area (Å²) in [5.74, 6) is 1.49. The van der Waals surface area contributed by atoms with Gasteiger partial charge in [0, 0.05) is 32.1 Å². The van der Waals surface area contributed by atoms with Gasteiger partial charge in [0.1, 0.15) is 5.82 Å². The maximum atomic E-state index is 12.6. The largest absolute Gasteiger partial charge is 0.378 e. The Hall–Kier alpha value is -1.67. The van der Waals surface area contributed by atoms with Crippen molar-refractivity contribution in [2.45, 2.75) is 50.5 Å². The lowest BCUT2D eigenvalue weighted by Crippen LogP contribution is -2.47. The third kappa shape index (κ3) is 3.96. The van der Waals surface area contributed by atoms with Crippen LogP contribution in [-0.2, 0) is 16.6 Å². The van der Waals surface area contributed by atoms with Gasteiger partial charge in [-0.15, -0.1) is 0 Å². The Balaban J connectivity index is 1.37. The van der Waals surface area contributed by atoms with Crippen molar-refractivity contribution in [1.29, 1.82) is 0 Å². The zero-order valence-corrected chi connectivity index (χ0v) is 16.3. The molecule has 8 heteroatoms. The van der Waals surface area contributed by atoms with Crippen molar-refractivity contribution in [2.24, 2.45) is 7.05 Å². The molecule has 1 saturated carbocycles. The first kappa shape index (κ1) is 18.7. The van der Waals surface area contributed by atoms with E-state index < -0.39 is 0 Å². The predicted octanol–water partition coefficient (Wildman–Crippen LogP) is 0.735. The van der Waals surface area contributed by atoms with Crippen LogP contribution in [0.5, 0.6) is 0 Å². The van der Waals surface area contributed by atoms with Gasteiger partial charge in [-0.3, -0.25) is 14.3 Å². The summed E-state index contributed by atoms with van der Waals surface area (Å²) in [4.78, 5) is 29.2. The third-order valence-electron chi connectivity index (χ3n) is 6.35. The third-order valence-corrected chi connectivity index (χ3v) is 6.35. The lowest BCUT2D eigenvalue weighted by molar-refractivity contribution is -0.136. The quantitative estimate of drug-likeness (QED) is 0.774. The molecule has 0 radical (unpaired) electrons. The number of hydrogen-bond donors (Lipinski definition) is 0. The lowest BCUT2D eigenvalue weighted by Gasteiger charge is -2.34. The monoisotopic (exact) mass is 377 g/mol. The maximum absolute atomic E-state index is 12.6. The highest BCUT2D eigenvalue weighted by Crippen LogP contribution is 2.33. The SMILES string of the molecule is Cn1nc(C2CCN(CC(=O)N3CCOCC3)CC2)n(C2CCCC2)c1=O. The van der Waals surface area contributed by atoms with Gasteiger partial charge < -0.3 is 9.64 Å². The first-order chi connectivity index (χ1) is 13.1. The summed E-state index contributed by atoms with van der Waals surface area (Å²) < 4.78 is 8.80. The van der Waals surface area contributed by atoms with E-state index in [0.29, 0.717) is 44.8 Å². The molecule has 0 aromatic carbocycles. The molecule has 4 rings (SSSR count). The number of aryl methyl sites for hydroxylation is 1. The van der Waals surface area contributed by atoms with Crippen LogP contribution >= 0.6 is 0 Å². The fourth-order valence-electron chi connectivity index (χ4n) is 4.74. The average Bonchev–Trinajstić information content (AvgIpc) is 3.32. The molecule has 1 aromatic rings. The number of carbonyl (C=O) groups is 1. The first-order valence-electron chi connectivity index (χ1n) is 10.4. The van der Waals surface area contributed by atoms with Gasteiger partial charge >= 0.3 is 5.69 Å². The van der Waals surface area contributed by atoms with E-state index in [0.717, 1.165) is 44.6 Å². The molecular formula is C19H31N5O3. The van der Waals surface area contributed by atoms with Gasteiger partial charge in [0.25, 0.3) is 0 Å². The van der Waals surface area contributed by atoms with Gasteiger partial charge in [0.2, 0.25) is 5.91 Å².